The number of benzene rings is 3. The van der Waals surface area contributed by atoms with Gasteiger partial charge in [0.1, 0.15) is 5.75 Å². The topological polar surface area (TPSA) is 85.5 Å². The van der Waals surface area contributed by atoms with Gasteiger partial charge >= 0.3 is 5.97 Å². The molecule has 0 aliphatic rings. The Morgan fingerprint density at radius 1 is 0.800 bits per heavy atom. The number of carboxylic acids is 1. The lowest BCUT2D eigenvalue weighted by Crippen LogP contribution is -1.94. The van der Waals surface area contributed by atoms with Gasteiger partial charge in [-0.05, 0) is 66.1 Å². The third-order valence-electron chi connectivity index (χ3n) is 4.60. The van der Waals surface area contributed by atoms with Crippen molar-refractivity contribution in [2.75, 3.05) is 6.61 Å². The fourth-order valence-electron chi connectivity index (χ4n) is 2.98. The van der Waals surface area contributed by atoms with Gasteiger partial charge in [-0.2, -0.15) is 0 Å². The summed E-state index contributed by atoms with van der Waals surface area (Å²) in [4.78, 5) is 11.0. The molecule has 6 nitrogen and oxygen atoms in total. The predicted octanol–water partition coefficient (Wildman–Crippen LogP) is 5.56. The third kappa shape index (κ3) is 4.22. The summed E-state index contributed by atoms with van der Waals surface area (Å²) in [7, 11) is 0. The predicted molar refractivity (Wildman–Crippen MR) is 113 cm³/mol. The zero-order valence-electron chi connectivity index (χ0n) is 16.4. The van der Waals surface area contributed by atoms with Gasteiger partial charge in [0.05, 0.1) is 12.2 Å². The normalized spacial score (nSPS) is 10.7. The van der Waals surface area contributed by atoms with Gasteiger partial charge in [-0.25, -0.2) is 4.79 Å². The number of nitrogens with zero attached hydrogens (tertiary/aromatic N) is 2. The summed E-state index contributed by atoms with van der Waals surface area (Å²) in [6.07, 6.45) is 0.980. The summed E-state index contributed by atoms with van der Waals surface area (Å²) < 4.78 is 11.4. The number of ether oxygens (including phenoxy) is 1. The van der Waals surface area contributed by atoms with Crippen LogP contribution in [-0.4, -0.2) is 27.9 Å². The van der Waals surface area contributed by atoms with Gasteiger partial charge in [0.2, 0.25) is 11.8 Å². The highest BCUT2D eigenvalue weighted by atomic mass is 16.5. The summed E-state index contributed by atoms with van der Waals surface area (Å²) in [5, 5.41) is 17.2. The van der Waals surface area contributed by atoms with Crippen LogP contribution in [0.4, 0.5) is 0 Å². The van der Waals surface area contributed by atoms with Crippen LogP contribution in [0.3, 0.4) is 0 Å². The van der Waals surface area contributed by atoms with Crippen molar-refractivity contribution in [3.63, 3.8) is 0 Å². The number of hydrogen-bond acceptors (Lipinski definition) is 5. The molecule has 30 heavy (non-hydrogen) atoms. The van der Waals surface area contributed by atoms with Crippen LogP contribution in [0.1, 0.15) is 23.7 Å². The minimum Gasteiger partial charge on any atom is -0.494 e. The summed E-state index contributed by atoms with van der Waals surface area (Å²) in [5.41, 5.74) is 3.85. The van der Waals surface area contributed by atoms with E-state index in [2.05, 4.69) is 17.1 Å². The first-order valence-electron chi connectivity index (χ1n) is 9.65. The van der Waals surface area contributed by atoms with E-state index >= 15 is 0 Å². The molecule has 1 heterocycles. The molecule has 0 spiro atoms. The minimum atomic E-state index is -0.976. The van der Waals surface area contributed by atoms with E-state index in [4.69, 9.17) is 14.3 Å². The van der Waals surface area contributed by atoms with Gasteiger partial charge in [-0.3, -0.25) is 0 Å². The standard InChI is InChI=1S/C24H20N2O4/c1-2-15-29-21-13-11-17(12-14-21)16-3-5-18(6-4-16)22-25-26-23(30-22)19-7-9-20(10-8-19)24(27)28/h3-14H,2,15H2,1H3,(H,27,28). The van der Waals surface area contributed by atoms with Gasteiger partial charge in [-0.15, -0.1) is 10.2 Å². The Morgan fingerprint density at radius 3 is 1.77 bits per heavy atom. The molecule has 4 rings (SSSR count). The second-order valence-corrected chi connectivity index (χ2v) is 6.75. The van der Waals surface area contributed by atoms with Crippen molar-refractivity contribution in [3.05, 3.63) is 78.4 Å². The maximum absolute atomic E-state index is 11.0. The molecular formula is C24H20N2O4. The van der Waals surface area contributed by atoms with E-state index in [1.54, 1.807) is 12.1 Å². The fraction of sp³-hybridized carbons (Fsp3) is 0.125. The largest absolute Gasteiger partial charge is 0.494 e. The van der Waals surface area contributed by atoms with E-state index in [0.717, 1.165) is 28.9 Å². The molecule has 0 saturated carbocycles. The lowest BCUT2D eigenvalue weighted by molar-refractivity contribution is 0.0697. The summed E-state index contributed by atoms with van der Waals surface area (Å²) in [5.74, 6) is 0.638. The van der Waals surface area contributed by atoms with Crippen molar-refractivity contribution in [1.29, 1.82) is 0 Å². The molecule has 0 saturated heterocycles. The lowest BCUT2D eigenvalue weighted by Gasteiger charge is -2.06. The van der Waals surface area contributed by atoms with E-state index < -0.39 is 5.97 Å². The average molecular weight is 400 g/mol. The van der Waals surface area contributed by atoms with E-state index in [1.807, 2.05) is 48.5 Å². The number of rotatable bonds is 7. The van der Waals surface area contributed by atoms with E-state index in [-0.39, 0.29) is 5.56 Å². The van der Waals surface area contributed by atoms with Gasteiger partial charge in [0.15, 0.2) is 0 Å². The molecule has 150 valence electrons. The SMILES string of the molecule is CCCOc1ccc(-c2ccc(-c3nnc(-c4ccc(C(=O)O)cc4)o3)cc2)cc1. The number of aromatic nitrogens is 2. The highest BCUT2D eigenvalue weighted by Crippen LogP contribution is 2.28. The van der Waals surface area contributed by atoms with E-state index in [0.29, 0.717) is 24.0 Å². The fourth-order valence-corrected chi connectivity index (χ4v) is 2.98. The molecule has 0 atom stereocenters. The molecular weight excluding hydrogens is 380 g/mol. The van der Waals surface area contributed by atoms with Crippen molar-refractivity contribution >= 4 is 5.97 Å². The summed E-state index contributed by atoms with van der Waals surface area (Å²) in [6, 6.07) is 22.2. The Labute approximate surface area is 173 Å². The molecule has 1 aromatic heterocycles. The van der Waals surface area contributed by atoms with Crippen LogP contribution in [0.15, 0.2) is 77.2 Å². The first-order valence-corrected chi connectivity index (χ1v) is 9.65. The maximum atomic E-state index is 11.0. The van der Waals surface area contributed by atoms with Crippen LogP contribution < -0.4 is 4.74 Å². The highest BCUT2D eigenvalue weighted by Gasteiger charge is 2.12. The Hall–Kier alpha value is -3.93. The summed E-state index contributed by atoms with van der Waals surface area (Å²) >= 11 is 0. The second kappa shape index (κ2) is 8.61. The number of carboxylic acid groups (broad SMARTS) is 1. The van der Waals surface area contributed by atoms with E-state index in [1.165, 1.54) is 12.1 Å². The zero-order valence-corrected chi connectivity index (χ0v) is 16.4. The minimum absolute atomic E-state index is 0.207. The molecule has 0 bridgehead atoms. The van der Waals surface area contributed by atoms with Crippen LogP contribution in [0.25, 0.3) is 34.0 Å². The molecule has 0 fully saturated rings. The average Bonchev–Trinajstić information content (AvgIpc) is 3.28. The van der Waals surface area contributed by atoms with Crippen LogP contribution in [-0.2, 0) is 0 Å². The molecule has 1 N–H and O–H groups in total. The zero-order chi connectivity index (χ0) is 20.9. The Balaban J connectivity index is 1.50. The molecule has 3 aromatic carbocycles. The van der Waals surface area contributed by atoms with Crippen LogP contribution in [0, 0.1) is 0 Å². The van der Waals surface area contributed by atoms with Gasteiger partial charge in [0.25, 0.3) is 0 Å². The van der Waals surface area contributed by atoms with Gasteiger partial charge in [0, 0.05) is 11.1 Å². The first-order chi connectivity index (χ1) is 14.6. The van der Waals surface area contributed by atoms with Crippen molar-refractivity contribution < 1.29 is 19.1 Å². The number of hydrogen-bond donors (Lipinski definition) is 1. The Morgan fingerprint density at radius 2 is 1.27 bits per heavy atom. The third-order valence-corrected chi connectivity index (χ3v) is 4.60. The lowest BCUT2D eigenvalue weighted by atomic mass is 10.0. The molecule has 0 aliphatic carbocycles. The van der Waals surface area contributed by atoms with E-state index in [9.17, 15) is 4.79 Å². The van der Waals surface area contributed by atoms with Crippen LogP contribution in [0.2, 0.25) is 0 Å². The van der Waals surface area contributed by atoms with Crippen molar-refractivity contribution in [2.45, 2.75) is 13.3 Å². The van der Waals surface area contributed by atoms with Crippen LogP contribution in [0.5, 0.6) is 5.75 Å². The van der Waals surface area contributed by atoms with Gasteiger partial charge in [-0.1, -0.05) is 31.2 Å². The van der Waals surface area contributed by atoms with Gasteiger partial charge < -0.3 is 14.3 Å². The molecule has 0 amide bonds. The van der Waals surface area contributed by atoms with Crippen molar-refractivity contribution in [3.8, 4) is 39.8 Å². The van der Waals surface area contributed by atoms with Crippen molar-refractivity contribution in [1.82, 2.24) is 10.2 Å². The number of carbonyl (C=O) groups is 1. The smallest absolute Gasteiger partial charge is 0.335 e. The molecule has 6 heteroatoms. The monoisotopic (exact) mass is 400 g/mol. The molecule has 4 aromatic rings. The van der Waals surface area contributed by atoms with Crippen molar-refractivity contribution in [2.24, 2.45) is 0 Å². The molecule has 0 radical (unpaired) electrons. The quantitative estimate of drug-likeness (QED) is 0.437. The highest BCUT2D eigenvalue weighted by molar-refractivity contribution is 5.88. The Bertz CT molecular complexity index is 1130. The molecule has 0 aliphatic heterocycles. The Kier molecular flexibility index (Phi) is 5.57. The second-order valence-electron chi connectivity index (χ2n) is 6.75. The number of aromatic carboxylic acids is 1. The maximum Gasteiger partial charge on any atom is 0.335 e. The first kappa shape index (κ1) is 19.4. The molecule has 0 unspecified atom stereocenters. The van der Waals surface area contributed by atoms with Crippen LogP contribution >= 0.6 is 0 Å². The summed E-state index contributed by atoms with van der Waals surface area (Å²) in [6.45, 7) is 2.79.